The van der Waals surface area contributed by atoms with Gasteiger partial charge in [0.05, 0.1) is 21.2 Å². The van der Waals surface area contributed by atoms with E-state index >= 15 is 0 Å². The predicted octanol–water partition coefficient (Wildman–Crippen LogP) is 3.09. The highest BCUT2D eigenvalue weighted by Gasteiger charge is 2.29. The maximum Gasteiger partial charge on any atom is 0.271 e. The minimum absolute atomic E-state index is 0.0374. The molecular formula is C14H18ClN3O3. The van der Waals surface area contributed by atoms with E-state index in [9.17, 15) is 14.9 Å². The summed E-state index contributed by atoms with van der Waals surface area (Å²) in [6.07, 6.45) is 3.07. The van der Waals surface area contributed by atoms with E-state index in [4.69, 9.17) is 17.3 Å². The van der Waals surface area contributed by atoms with Crippen LogP contribution < -0.4 is 5.73 Å². The van der Waals surface area contributed by atoms with Gasteiger partial charge in [-0.25, -0.2) is 0 Å². The number of nitrogens with two attached hydrogens (primary N) is 1. The number of hydrogen-bond acceptors (Lipinski definition) is 4. The molecule has 0 aromatic heterocycles. The van der Waals surface area contributed by atoms with Crippen molar-refractivity contribution in [1.29, 1.82) is 0 Å². The SMILES string of the molecule is CCCN(CC1CC1)C(=O)c1cc([N+](=O)[O-])cc(Cl)c1N. The first kappa shape index (κ1) is 15.6. The fourth-order valence-corrected chi connectivity index (χ4v) is 2.43. The van der Waals surface area contributed by atoms with Gasteiger partial charge in [0.25, 0.3) is 11.6 Å². The van der Waals surface area contributed by atoms with Crippen molar-refractivity contribution < 1.29 is 9.72 Å². The van der Waals surface area contributed by atoms with Crippen LogP contribution in [-0.2, 0) is 0 Å². The molecular weight excluding hydrogens is 294 g/mol. The fourth-order valence-electron chi connectivity index (χ4n) is 2.21. The minimum atomic E-state index is -0.576. The lowest BCUT2D eigenvalue weighted by molar-refractivity contribution is -0.384. The van der Waals surface area contributed by atoms with Gasteiger partial charge >= 0.3 is 0 Å². The maximum absolute atomic E-state index is 12.6. The van der Waals surface area contributed by atoms with Crippen LogP contribution in [0.3, 0.4) is 0 Å². The van der Waals surface area contributed by atoms with Crippen molar-refractivity contribution in [1.82, 2.24) is 4.90 Å². The Morgan fingerprint density at radius 3 is 2.71 bits per heavy atom. The summed E-state index contributed by atoms with van der Waals surface area (Å²) in [7, 11) is 0. The summed E-state index contributed by atoms with van der Waals surface area (Å²) in [6, 6.07) is 2.37. The number of nitrogens with zero attached hydrogens (tertiary/aromatic N) is 2. The van der Waals surface area contributed by atoms with Crippen LogP contribution in [0.15, 0.2) is 12.1 Å². The lowest BCUT2D eigenvalue weighted by Gasteiger charge is -2.23. The van der Waals surface area contributed by atoms with E-state index in [0.717, 1.165) is 19.3 Å². The Hall–Kier alpha value is -1.82. The Balaban J connectivity index is 2.32. The number of non-ortho nitro benzene ring substituents is 1. The highest BCUT2D eigenvalue weighted by molar-refractivity contribution is 6.34. The first-order chi connectivity index (χ1) is 9.93. The van der Waals surface area contributed by atoms with Gasteiger partial charge in [0, 0.05) is 25.2 Å². The molecule has 0 radical (unpaired) electrons. The standard InChI is InChI=1S/C14H18ClN3O3/c1-2-5-17(8-9-3-4-9)14(19)11-6-10(18(20)21)7-12(15)13(11)16/h6-7,9H,2-5,8,16H2,1H3. The predicted molar refractivity (Wildman–Crippen MR) is 81.4 cm³/mol. The largest absolute Gasteiger partial charge is 0.397 e. The molecule has 1 aromatic rings. The Morgan fingerprint density at radius 1 is 1.52 bits per heavy atom. The molecule has 1 saturated carbocycles. The molecule has 7 heteroatoms. The Morgan fingerprint density at radius 2 is 2.19 bits per heavy atom. The first-order valence-electron chi connectivity index (χ1n) is 6.96. The summed E-state index contributed by atoms with van der Waals surface area (Å²) in [5.74, 6) is 0.253. The molecule has 0 aliphatic heterocycles. The monoisotopic (exact) mass is 311 g/mol. The van der Waals surface area contributed by atoms with Crippen LogP contribution in [0, 0.1) is 16.0 Å². The second-order valence-corrected chi connectivity index (χ2v) is 5.75. The molecule has 21 heavy (non-hydrogen) atoms. The van der Waals surface area contributed by atoms with Crippen molar-refractivity contribution in [2.75, 3.05) is 18.8 Å². The van der Waals surface area contributed by atoms with Crippen molar-refractivity contribution in [2.24, 2.45) is 5.92 Å². The molecule has 1 aliphatic carbocycles. The van der Waals surface area contributed by atoms with E-state index in [0.29, 0.717) is 19.0 Å². The van der Waals surface area contributed by atoms with Gasteiger partial charge in [0.1, 0.15) is 0 Å². The summed E-state index contributed by atoms with van der Waals surface area (Å²) in [5.41, 5.74) is 5.82. The zero-order valence-corrected chi connectivity index (χ0v) is 12.6. The summed E-state index contributed by atoms with van der Waals surface area (Å²) in [5, 5.41) is 10.9. The number of nitro benzene ring substituents is 1. The molecule has 0 bridgehead atoms. The lowest BCUT2D eigenvalue weighted by atomic mass is 10.1. The number of anilines is 1. The summed E-state index contributed by atoms with van der Waals surface area (Å²) >= 11 is 5.91. The van der Waals surface area contributed by atoms with Gasteiger partial charge in [-0.2, -0.15) is 0 Å². The van der Waals surface area contributed by atoms with Gasteiger partial charge in [-0.15, -0.1) is 0 Å². The molecule has 1 fully saturated rings. The van der Waals surface area contributed by atoms with Crippen LogP contribution >= 0.6 is 11.6 Å². The summed E-state index contributed by atoms with van der Waals surface area (Å²) in [6.45, 7) is 3.26. The number of halogens is 1. The van der Waals surface area contributed by atoms with E-state index in [1.54, 1.807) is 4.90 Å². The molecule has 2 N–H and O–H groups in total. The van der Waals surface area contributed by atoms with Crippen LogP contribution in [0.1, 0.15) is 36.5 Å². The topological polar surface area (TPSA) is 89.5 Å². The molecule has 0 spiro atoms. The summed E-state index contributed by atoms with van der Waals surface area (Å²) in [4.78, 5) is 24.6. The van der Waals surface area contributed by atoms with Crippen molar-refractivity contribution in [3.63, 3.8) is 0 Å². The van der Waals surface area contributed by atoms with Gasteiger partial charge in [-0.1, -0.05) is 18.5 Å². The molecule has 6 nitrogen and oxygen atoms in total. The van der Waals surface area contributed by atoms with E-state index < -0.39 is 4.92 Å². The van der Waals surface area contributed by atoms with Crippen molar-refractivity contribution >= 4 is 28.9 Å². The van der Waals surface area contributed by atoms with Crippen LogP contribution in [0.25, 0.3) is 0 Å². The Kier molecular flexibility index (Phi) is 4.67. The van der Waals surface area contributed by atoms with Gasteiger partial charge in [-0.3, -0.25) is 14.9 Å². The molecule has 1 aromatic carbocycles. The summed E-state index contributed by atoms with van der Waals surface area (Å²) < 4.78 is 0. The smallest absolute Gasteiger partial charge is 0.271 e. The van der Waals surface area contributed by atoms with Crippen LogP contribution in [0.5, 0.6) is 0 Å². The Bertz CT molecular complexity index is 573. The molecule has 114 valence electrons. The normalized spacial score (nSPS) is 14.0. The molecule has 0 unspecified atom stereocenters. The third-order valence-corrected chi connectivity index (χ3v) is 3.82. The van der Waals surface area contributed by atoms with Crippen LogP contribution in [0.2, 0.25) is 5.02 Å². The maximum atomic E-state index is 12.6. The number of carbonyl (C=O) groups excluding carboxylic acids is 1. The number of nitrogen functional groups attached to an aromatic ring is 1. The van der Waals surface area contributed by atoms with E-state index in [1.807, 2.05) is 6.92 Å². The number of rotatable bonds is 6. The average Bonchev–Trinajstić information content (AvgIpc) is 3.24. The number of nitro groups is 1. The van der Waals surface area contributed by atoms with Crippen LogP contribution in [0.4, 0.5) is 11.4 Å². The minimum Gasteiger partial charge on any atom is -0.397 e. The van der Waals surface area contributed by atoms with Gasteiger partial charge in [-0.05, 0) is 25.2 Å². The van der Waals surface area contributed by atoms with Crippen LogP contribution in [-0.4, -0.2) is 28.8 Å². The van der Waals surface area contributed by atoms with Gasteiger partial charge < -0.3 is 10.6 Å². The third-order valence-electron chi connectivity index (χ3n) is 3.51. The molecule has 0 heterocycles. The zero-order chi connectivity index (χ0) is 15.6. The highest BCUT2D eigenvalue weighted by atomic mass is 35.5. The average molecular weight is 312 g/mol. The molecule has 1 aliphatic rings. The van der Waals surface area contributed by atoms with Crippen molar-refractivity contribution in [2.45, 2.75) is 26.2 Å². The van der Waals surface area contributed by atoms with Crippen molar-refractivity contribution in [3.05, 3.63) is 32.8 Å². The van der Waals surface area contributed by atoms with Crippen molar-refractivity contribution in [3.8, 4) is 0 Å². The molecule has 0 atom stereocenters. The third kappa shape index (κ3) is 3.64. The second-order valence-electron chi connectivity index (χ2n) is 5.34. The van der Waals surface area contributed by atoms with E-state index in [1.165, 1.54) is 12.1 Å². The fraction of sp³-hybridized carbons (Fsp3) is 0.500. The first-order valence-corrected chi connectivity index (χ1v) is 7.34. The zero-order valence-electron chi connectivity index (χ0n) is 11.8. The molecule has 2 rings (SSSR count). The second kappa shape index (κ2) is 6.30. The number of benzene rings is 1. The van der Waals surface area contributed by atoms with Gasteiger partial charge in [0.2, 0.25) is 0 Å². The number of carbonyl (C=O) groups is 1. The lowest BCUT2D eigenvalue weighted by Crippen LogP contribution is -2.34. The molecule has 1 amide bonds. The van der Waals surface area contributed by atoms with E-state index in [2.05, 4.69) is 0 Å². The van der Waals surface area contributed by atoms with E-state index in [-0.39, 0.29) is 27.9 Å². The highest BCUT2D eigenvalue weighted by Crippen LogP contribution is 2.33. The number of amides is 1. The quantitative estimate of drug-likeness (QED) is 0.496. The number of hydrogen-bond donors (Lipinski definition) is 1. The Labute approximate surface area is 128 Å². The molecule has 0 saturated heterocycles. The van der Waals surface area contributed by atoms with Gasteiger partial charge in [0.15, 0.2) is 0 Å².